The Hall–Kier alpha value is -1.07. The lowest BCUT2D eigenvalue weighted by molar-refractivity contribution is 0.413. The molecule has 0 fully saturated rings. The van der Waals surface area contributed by atoms with E-state index in [4.69, 9.17) is 4.74 Å². The first-order valence-corrected chi connectivity index (χ1v) is 6.68. The van der Waals surface area contributed by atoms with Crippen molar-refractivity contribution in [3.63, 3.8) is 0 Å². The fourth-order valence-electron chi connectivity index (χ4n) is 1.88. The first-order chi connectivity index (χ1) is 7.53. The molecule has 1 aliphatic rings. The monoisotopic (exact) mass is 241 g/mol. The molecule has 2 rings (SSSR count). The molecular weight excluding hydrogens is 226 g/mol. The molecule has 1 aromatic carbocycles. The zero-order valence-corrected chi connectivity index (χ0v) is 10.2. The summed E-state index contributed by atoms with van der Waals surface area (Å²) in [5.41, 5.74) is 0.830. The van der Waals surface area contributed by atoms with E-state index in [9.17, 15) is 8.42 Å². The average molecular weight is 241 g/mol. The quantitative estimate of drug-likeness (QED) is 0.803. The van der Waals surface area contributed by atoms with Gasteiger partial charge >= 0.3 is 0 Å². The van der Waals surface area contributed by atoms with Crippen molar-refractivity contribution in [2.75, 3.05) is 13.7 Å². The van der Waals surface area contributed by atoms with Gasteiger partial charge in [-0.2, -0.15) is 0 Å². The van der Waals surface area contributed by atoms with E-state index in [1.54, 1.807) is 25.3 Å². The van der Waals surface area contributed by atoms with Crippen LogP contribution < -0.4 is 9.46 Å². The third-order valence-electron chi connectivity index (χ3n) is 2.75. The van der Waals surface area contributed by atoms with Crippen molar-refractivity contribution in [3.8, 4) is 5.75 Å². The molecule has 0 aliphatic carbocycles. The zero-order chi connectivity index (χ0) is 11.8. The first-order valence-electron chi connectivity index (χ1n) is 5.19. The predicted octanol–water partition coefficient (Wildman–Crippen LogP) is 1.17. The summed E-state index contributed by atoms with van der Waals surface area (Å²) in [6.45, 7) is 2.51. The van der Waals surface area contributed by atoms with Crippen molar-refractivity contribution in [1.82, 2.24) is 4.72 Å². The second kappa shape index (κ2) is 4.07. The van der Waals surface area contributed by atoms with E-state index in [0.29, 0.717) is 23.1 Å². The van der Waals surface area contributed by atoms with Gasteiger partial charge < -0.3 is 4.74 Å². The number of nitrogens with one attached hydrogen (secondary N) is 1. The molecule has 0 spiro atoms. The summed E-state index contributed by atoms with van der Waals surface area (Å²) >= 11 is 0. The Morgan fingerprint density at radius 1 is 1.44 bits per heavy atom. The highest BCUT2D eigenvalue weighted by atomic mass is 32.2. The van der Waals surface area contributed by atoms with Gasteiger partial charge in [0, 0.05) is 6.54 Å². The highest BCUT2D eigenvalue weighted by molar-refractivity contribution is 7.89. The number of ether oxygens (including phenoxy) is 1. The van der Waals surface area contributed by atoms with Gasteiger partial charge in [-0.05, 0) is 36.1 Å². The number of methoxy groups -OCH3 is 1. The molecule has 0 radical (unpaired) electrons. The van der Waals surface area contributed by atoms with Gasteiger partial charge in [-0.15, -0.1) is 0 Å². The van der Waals surface area contributed by atoms with Gasteiger partial charge in [-0.1, -0.05) is 6.92 Å². The van der Waals surface area contributed by atoms with Crippen LogP contribution in [0.1, 0.15) is 12.5 Å². The number of fused-ring (bicyclic) bond motifs is 1. The van der Waals surface area contributed by atoms with Crippen molar-refractivity contribution in [2.45, 2.75) is 18.2 Å². The van der Waals surface area contributed by atoms with Crippen LogP contribution in [0.5, 0.6) is 5.75 Å². The van der Waals surface area contributed by atoms with Gasteiger partial charge in [0.2, 0.25) is 10.0 Å². The van der Waals surface area contributed by atoms with Crippen LogP contribution in [0.25, 0.3) is 0 Å². The number of sulfonamides is 1. The second-order valence-corrected chi connectivity index (χ2v) is 5.87. The molecule has 5 heteroatoms. The molecule has 0 saturated heterocycles. The maximum atomic E-state index is 11.9. The summed E-state index contributed by atoms with van der Waals surface area (Å²) in [7, 11) is -1.76. The Bertz CT molecular complexity index is 496. The van der Waals surface area contributed by atoms with E-state index in [1.807, 2.05) is 6.92 Å². The summed E-state index contributed by atoms with van der Waals surface area (Å²) < 4.78 is 31.5. The van der Waals surface area contributed by atoms with E-state index in [2.05, 4.69) is 4.72 Å². The Morgan fingerprint density at radius 2 is 2.19 bits per heavy atom. The molecule has 0 aromatic heterocycles. The van der Waals surface area contributed by atoms with Gasteiger partial charge in [0.15, 0.2) is 0 Å². The third-order valence-corrected chi connectivity index (χ3v) is 4.27. The SMILES string of the molecule is COc1ccc2c(c1)C[C@@H](C)CNS2(=O)=O. The summed E-state index contributed by atoms with van der Waals surface area (Å²) in [6.07, 6.45) is 0.749. The average Bonchev–Trinajstić information content (AvgIpc) is 2.36. The smallest absolute Gasteiger partial charge is 0.240 e. The van der Waals surface area contributed by atoms with E-state index < -0.39 is 10.0 Å². The van der Waals surface area contributed by atoms with Crippen LogP contribution in [0.2, 0.25) is 0 Å². The molecule has 1 atom stereocenters. The van der Waals surface area contributed by atoms with Crippen LogP contribution in [0, 0.1) is 5.92 Å². The van der Waals surface area contributed by atoms with E-state index >= 15 is 0 Å². The molecule has 1 aliphatic heterocycles. The lowest BCUT2D eigenvalue weighted by Crippen LogP contribution is -2.26. The maximum Gasteiger partial charge on any atom is 0.240 e. The van der Waals surface area contributed by atoms with Crippen molar-refractivity contribution in [3.05, 3.63) is 23.8 Å². The van der Waals surface area contributed by atoms with Crippen LogP contribution in [-0.4, -0.2) is 22.1 Å². The fourth-order valence-corrected chi connectivity index (χ4v) is 3.28. The van der Waals surface area contributed by atoms with Crippen molar-refractivity contribution in [2.24, 2.45) is 5.92 Å². The largest absolute Gasteiger partial charge is 0.497 e. The predicted molar refractivity (Wildman–Crippen MR) is 61.1 cm³/mol. The van der Waals surface area contributed by atoms with Gasteiger partial charge in [0.05, 0.1) is 12.0 Å². The summed E-state index contributed by atoms with van der Waals surface area (Å²) in [4.78, 5) is 0.373. The lowest BCUT2D eigenvalue weighted by atomic mass is 10.0. The highest BCUT2D eigenvalue weighted by Crippen LogP contribution is 2.26. The number of benzene rings is 1. The van der Waals surface area contributed by atoms with E-state index in [-0.39, 0.29) is 0 Å². The van der Waals surface area contributed by atoms with Gasteiger partial charge in [0.25, 0.3) is 0 Å². The number of hydrogen-bond acceptors (Lipinski definition) is 3. The Kier molecular flexibility index (Phi) is 2.90. The molecule has 4 nitrogen and oxygen atoms in total. The Balaban J connectivity index is 2.56. The fraction of sp³-hybridized carbons (Fsp3) is 0.455. The highest BCUT2D eigenvalue weighted by Gasteiger charge is 2.24. The number of rotatable bonds is 1. The lowest BCUT2D eigenvalue weighted by Gasteiger charge is -2.08. The normalized spacial score (nSPS) is 23.2. The van der Waals surface area contributed by atoms with Crippen molar-refractivity contribution < 1.29 is 13.2 Å². The van der Waals surface area contributed by atoms with Crippen LogP contribution in [0.15, 0.2) is 23.1 Å². The van der Waals surface area contributed by atoms with E-state index in [0.717, 1.165) is 12.0 Å². The second-order valence-electron chi connectivity index (χ2n) is 4.13. The molecule has 0 saturated carbocycles. The summed E-state index contributed by atoms with van der Waals surface area (Å²) in [5, 5.41) is 0. The molecule has 1 N–H and O–H groups in total. The molecule has 0 amide bonds. The summed E-state index contributed by atoms with van der Waals surface area (Å²) in [6, 6.07) is 5.08. The maximum absolute atomic E-state index is 11.9. The van der Waals surface area contributed by atoms with Crippen LogP contribution >= 0.6 is 0 Å². The molecular formula is C11H15NO3S. The van der Waals surface area contributed by atoms with Crippen LogP contribution in [0.3, 0.4) is 0 Å². The minimum absolute atomic E-state index is 0.295. The topological polar surface area (TPSA) is 55.4 Å². The molecule has 1 heterocycles. The molecule has 0 bridgehead atoms. The molecule has 1 aromatic rings. The zero-order valence-electron chi connectivity index (χ0n) is 9.36. The van der Waals surface area contributed by atoms with E-state index in [1.165, 1.54) is 0 Å². The first kappa shape index (κ1) is 11.4. The van der Waals surface area contributed by atoms with Crippen LogP contribution in [-0.2, 0) is 16.4 Å². The standard InChI is InChI=1S/C11H15NO3S/c1-8-5-9-6-10(15-2)3-4-11(9)16(13,14)12-7-8/h3-4,6,8,12H,5,7H2,1-2H3/t8-/m1/s1. The van der Waals surface area contributed by atoms with Gasteiger partial charge in [-0.25, -0.2) is 13.1 Å². The molecule has 88 valence electrons. The number of hydrogen-bond donors (Lipinski definition) is 1. The Labute approximate surface area is 95.7 Å². The minimum atomic E-state index is -3.34. The molecule has 16 heavy (non-hydrogen) atoms. The Morgan fingerprint density at radius 3 is 2.88 bits per heavy atom. The summed E-state index contributed by atoms with van der Waals surface area (Å²) in [5.74, 6) is 0.992. The van der Waals surface area contributed by atoms with Gasteiger partial charge in [-0.3, -0.25) is 0 Å². The van der Waals surface area contributed by atoms with Crippen molar-refractivity contribution >= 4 is 10.0 Å². The third kappa shape index (κ3) is 2.05. The molecule has 0 unspecified atom stereocenters. The van der Waals surface area contributed by atoms with Gasteiger partial charge in [0.1, 0.15) is 5.75 Å². The van der Waals surface area contributed by atoms with Crippen molar-refractivity contribution in [1.29, 1.82) is 0 Å². The minimum Gasteiger partial charge on any atom is -0.497 e. The van der Waals surface area contributed by atoms with Crippen LogP contribution in [0.4, 0.5) is 0 Å².